The van der Waals surface area contributed by atoms with Gasteiger partial charge in [0.2, 0.25) is 0 Å². The maximum atomic E-state index is 15.0. The Balaban J connectivity index is 2.37. The summed E-state index contributed by atoms with van der Waals surface area (Å²) in [5.74, 6) is -3.35. The second-order valence-electron chi connectivity index (χ2n) is 14.1. The van der Waals surface area contributed by atoms with E-state index in [0.29, 0.717) is 6.42 Å². The number of rotatable bonds is 10. The van der Waals surface area contributed by atoms with Gasteiger partial charge in [-0.3, -0.25) is 14.4 Å². The van der Waals surface area contributed by atoms with Crippen LogP contribution in [0.4, 0.5) is 0 Å². The minimum Gasteiger partial charge on any atom is -0.506 e. The van der Waals surface area contributed by atoms with Gasteiger partial charge < -0.3 is 15.3 Å². The van der Waals surface area contributed by atoms with Crippen molar-refractivity contribution < 1.29 is 29.7 Å². The molecule has 0 aliphatic heterocycles. The maximum absolute atomic E-state index is 15.0. The fourth-order valence-electron chi connectivity index (χ4n) is 6.86. The fourth-order valence-corrected chi connectivity index (χ4v) is 6.86. The molecule has 0 amide bonds. The summed E-state index contributed by atoms with van der Waals surface area (Å²) in [5.41, 5.74) is -0.0424. The number of ketones is 3. The molecule has 3 N–H and O–H groups in total. The number of hydrogen-bond acceptors (Lipinski definition) is 6. The number of hydrogen-bond donors (Lipinski definition) is 3. The first-order chi connectivity index (χ1) is 20.4. The van der Waals surface area contributed by atoms with Crippen LogP contribution in [0.2, 0.25) is 0 Å². The first kappa shape index (κ1) is 34.8. The Hall–Kier alpha value is -3.67. The topological polar surface area (TPSA) is 112 Å². The van der Waals surface area contributed by atoms with Crippen LogP contribution in [-0.2, 0) is 14.4 Å². The van der Waals surface area contributed by atoms with Crippen molar-refractivity contribution in [1.29, 1.82) is 0 Å². The molecule has 1 aromatic rings. The zero-order chi connectivity index (χ0) is 33.2. The molecule has 0 unspecified atom stereocenters. The molecular weight excluding hydrogens is 552 g/mol. The van der Waals surface area contributed by atoms with Gasteiger partial charge >= 0.3 is 0 Å². The second-order valence-corrected chi connectivity index (χ2v) is 14.1. The largest absolute Gasteiger partial charge is 0.506 e. The SMILES string of the molecule is CC(C)=CCC/C(C)=C/C[C@]12C[C@@H](CC=C(C)C)C(C)(C)[C@](CC=C(C)C)(C(=O)/C(=C(/O)c3ccc(O)c(O)c3)C1=O)C2=O. The van der Waals surface area contributed by atoms with E-state index in [4.69, 9.17) is 0 Å². The molecule has 2 saturated carbocycles. The third kappa shape index (κ3) is 6.27. The van der Waals surface area contributed by atoms with Crippen molar-refractivity contribution in [3.05, 3.63) is 75.9 Å². The molecule has 2 bridgehead atoms. The quantitative estimate of drug-likeness (QED) is 0.0616. The number of fused-ring (bicyclic) bond motifs is 2. The number of allylic oxidation sites excluding steroid dienone is 9. The summed E-state index contributed by atoms with van der Waals surface area (Å²) in [4.78, 5) is 44.5. The summed E-state index contributed by atoms with van der Waals surface area (Å²) in [6, 6.07) is 3.66. The highest BCUT2D eigenvalue weighted by Gasteiger charge is 2.73. The van der Waals surface area contributed by atoms with E-state index in [1.54, 1.807) is 0 Å². The molecule has 2 fully saturated rings. The van der Waals surface area contributed by atoms with E-state index >= 15 is 4.79 Å². The first-order valence-corrected chi connectivity index (χ1v) is 15.6. The molecule has 3 rings (SSSR count). The molecule has 0 aromatic heterocycles. The molecule has 3 atom stereocenters. The van der Waals surface area contributed by atoms with E-state index in [-0.39, 0.29) is 36.5 Å². The molecule has 6 heteroatoms. The van der Waals surface area contributed by atoms with Crippen LogP contribution < -0.4 is 0 Å². The predicted octanol–water partition coefficient (Wildman–Crippen LogP) is 8.90. The predicted molar refractivity (Wildman–Crippen MR) is 176 cm³/mol. The van der Waals surface area contributed by atoms with Crippen LogP contribution in [0.5, 0.6) is 11.5 Å². The van der Waals surface area contributed by atoms with Crippen LogP contribution >= 0.6 is 0 Å². The van der Waals surface area contributed by atoms with Crippen molar-refractivity contribution in [3.63, 3.8) is 0 Å². The van der Waals surface area contributed by atoms with Crippen LogP contribution in [0, 0.1) is 22.2 Å². The number of Topliss-reactive ketones (excluding diaryl/α,β-unsaturated/α-hetero) is 3. The van der Waals surface area contributed by atoms with Gasteiger partial charge in [-0.15, -0.1) is 0 Å². The van der Waals surface area contributed by atoms with E-state index < -0.39 is 50.6 Å². The molecule has 0 radical (unpaired) electrons. The Labute approximate surface area is 263 Å². The molecular formula is C38H50O6. The van der Waals surface area contributed by atoms with Crippen LogP contribution in [0.15, 0.2) is 70.4 Å². The van der Waals surface area contributed by atoms with Gasteiger partial charge in [-0.1, -0.05) is 60.4 Å². The van der Waals surface area contributed by atoms with E-state index in [1.807, 2.05) is 74.5 Å². The van der Waals surface area contributed by atoms with Gasteiger partial charge in [0, 0.05) is 5.56 Å². The van der Waals surface area contributed by atoms with Gasteiger partial charge in [0.1, 0.15) is 16.7 Å². The number of phenolic OH excluding ortho intramolecular Hbond substituents is 2. The minimum absolute atomic E-state index is 0.0179. The summed E-state index contributed by atoms with van der Waals surface area (Å²) in [5, 5.41) is 31.6. The van der Waals surface area contributed by atoms with E-state index in [9.17, 15) is 24.9 Å². The first-order valence-electron chi connectivity index (χ1n) is 15.6. The zero-order valence-corrected chi connectivity index (χ0v) is 27.9. The molecule has 1 aromatic carbocycles. The van der Waals surface area contributed by atoms with Gasteiger partial charge in [0.25, 0.3) is 0 Å². The lowest BCUT2D eigenvalue weighted by molar-refractivity contribution is -0.176. The molecule has 44 heavy (non-hydrogen) atoms. The Morgan fingerprint density at radius 2 is 1.43 bits per heavy atom. The standard InChI is InChI=1S/C38H50O6/c1-23(2)11-10-12-26(7)18-19-37-22-28(15-13-24(3)4)36(8,9)38(35(37)44,20-17-25(5)6)34(43)31(33(37)42)32(41)27-14-16-29(39)30(40)21-27/h11,13-14,16-18,21,28,39-41H,10,12,15,19-20,22H2,1-9H3/b26-18+,32-31+/t28-,37+,38-/m1/s1. The molecule has 0 heterocycles. The van der Waals surface area contributed by atoms with Gasteiger partial charge in [0.15, 0.2) is 28.8 Å². The summed E-state index contributed by atoms with van der Waals surface area (Å²) < 4.78 is 0. The lowest BCUT2D eigenvalue weighted by atomic mass is 9.38. The second kappa shape index (κ2) is 13.1. The number of aliphatic hydroxyl groups is 1. The zero-order valence-electron chi connectivity index (χ0n) is 27.9. The van der Waals surface area contributed by atoms with E-state index in [2.05, 4.69) is 12.2 Å². The number of carbonyl (C=O) groups excluding carboxylic acids is 3. The normalized spacial score (nSPS) is 25.8. The highest BCUT2D eigenvalue weighted by molar-refractivity contribution is 6.41. The lowest BCUT2D eigenvalue weighted by Crippen LogP contribution is -2.69. The highest BCUT2D eigenvalue weighted by Crippen LogP contribution is 2.65. The molecule has 6 nitrogen and oxygen atoms in total. The summed E-state index contributed by atoms with van der Waals surface area (Å²) >= 11 is 0. The molecule has 238 valence electrons. The summed E-state index contributed by atoms with van der Waals surface area (Å²) in [6.45, 7) is 17.8. The van der Waals surface area contributed by atoms with E-state index in [0.717, 1.165) is 35.6 Å². The molecule has 2 aliphatic rings. The Morgan fingerprint density at radius 1 is 0.818 bits per heavy atom. The van der Waals surface area contributed by atoms with Crippen molar-refractivity contribution in [1.82, 2.24) is 0 Å². The smallest absolute Gasteiger partial charge is 0.184 e. The Kier molecular flexibility index (Phi) is 10.4. The Morgan fingerprint density at radius 3 is 2.00 bits per heavy atom. The van der Waals surface area contributed by atoms with Crippen molar-refractivity contribution in [2.24, 2.45) is 22.2 Å². The van der Waals surface area contributed by atoms with E-state index in [1.165, 1.54) is 17.7 Å². The van der Waals surface area contributed by atoms with Crippen molar-refractivity contribution in [2.75, 3.05) is 0 Å². The van der Waals surface area contributed by atoms with Crippen molar-refractivity contribution in [2.45, 2.75) is 101 Å². The number of benzene rings is 1. The summed E-state index contributed by atoms with van der Waals surface area (Å²) in [7, 11) is 0. The third-order valence-electron chi connectivity index (χ3n) is 9.82. The van der Waals surface area contributed by atoms with Crippen molar-refractivity contribution >= 4 is 23.1 Å². The van der Waals surface area contributed by atoms with Gasteiger partial charge in [0.05, 0.1) is 5.41 Å². The van der Waals surface area contributed by atoms with Crippen molar-refractivity contribution in [3.8, 4) is 11.5 Å². The van der Waals surface area contributed by atoms with Crippen LogP contribution in [-0.4, -0.2) is 32.7 Å². The molecule has 0 saturated heterocycles. The highest BCUT2D eigenvalue weighted by atomic mass is 16.3. The van der Waals surface area contributed by atoms with Gasteiger partial charge in [-0.05, 0) is 117 Å². The lowest BCUT2D eigenvalue weighted by Gasteiger charge is -2.60. The Bertz CT molecular complexity index is 1480. The average Bonchev–Trinajstić information content (AvgIpc) is 2.92. The molecule has 0 spiro atoms. The summed E-state index contributed by atoms with van der Waals surface area (Å²) in [6.07, 6.45) is 10.9. The van der Waals surface area contributed by atoms with Crippen LogP contribution in [0.3, 0.4) is 0 Å². The monoisotopic (exact) mass is 602 g/mol. The van der Waals surface area contributed by atoms with Gasteiger partial charge in [-0.2, -0.15) is 0 Å². The fraction of sp³-hybridized carbons (Fsp3) is 0.500. The number of phenols is 2. The molecule has 2 aliphatic carbocycles. The average molecular weight is 603 g/mol. The maximum Gasteiger partial charge on any atom is 0.184 e. The van der Waals surface area contributed by atoms with Crippen LogP contribution in [0.25, 0.3) is 5.76 Å². The number of aliphatic hydroxyl groups excluding tert-OH is 1. The van der Waals surface area contributed by atoms with Gasteiger partial charge in [-0.25, -0.2) is 0 Å². The third-order valence-corrected chi connectivity index (χ3v) is 9.82. The minimum atomic E-state index is -1.59. The van der Waals surface area contributed by atoms with Crippen LogP contribution in [0.1, 0.15) is 106 Å². The number of aromatic hydroxyl groups is 2. The number of carbonyl (C=O) groups is 3.